The maximum Gasteiger partial charge on any atom is 0.168 e. The molecule has 1 saturated heterocycles. The summed E-state index contributed by atoms with van der Waals surface area (Å²) in [4.78, 5) is 2.53. The molecular weight excluding hydrogens is 298 g/mol. The van der Waals surface area contributed by atoms with E-state index >= 15 is 0 Å². The van der Waals surface area contributed by atoms with Gasteiger partial charge < -0.3 is 14.4 Å². The fourth-order valence-corrected chi connectivity index (χ4v) is 4.78. The number of ether oxygens (including phenoxy) is 2. The summed E-state index contributed by atoms with van der Waals surface area (Å²) in [6.45, 7) is 16.0. The van der Waals surface area contributed by atoms with E-state index in [-0.39, 0.29) is 5.79 Å². The Morgan fingerprint density at radius 1 is 1.04 bits per heavy atom. The molecule has 0 bridgehead atoms. The zero-order chi connectivity index (χ0) is 17.6. The van der Waals surface area contributed by atoms with Gasteiger partial charge in [-0.1, -0.05) is 41.0 Å². The second-order valence-corrected chi connectivity index (χ2v) is 8.70. The molecule has 1 aliphatic heterocycles. The van der Waals surface area contributed by atoms with Crippen LogP contribution in [-0.4, -0.2) is 43.0 Å². The lowest BCUT2D eigenvalue weighted by Gasteiger charge is -2.42. The summed E-state index contributed by atoms with van der Waals surface area (Å²) in [6.07, 6.45) is 9.97. The fraction of sp³-hybridized carbons (Fsp3) is 1.00. The molecule has 1 spiro atoms. The quantitative estimate of drug-likeness (QED) is 0.573. The second kappa shape index (κ2) is 9.00. The van der Waals surface area contributed by atoms with Crippen molar-refractivity contribution in [2.45, 2.75) is 97.9 Å². The van der Waals surface area contributed by atoms with E-state index < -0.39 is 0 Å². The Balaban J connectivity index is 1.77. The van der Waals surface area contributed by atoms with Crippen LogP contribution in [0.5, 0.6) is 0 Å². The molecule has 142 valence electrons. The summed E-state index contributed by atoms with van der Waals surface area (Å²) in [7, 11) is 0. The van der Waals surface area contributed by atoms with E-state index in [0.717, 1.165) is 44.9 Å². The van der Waals surface area contributed by atoms with Crippen LogP contribution < -0.4 is 0 Å². The van der Waals surface area contributed by atoms with E-state index in [4.69, 9.17) is 9.47 Å². The summed E-state index contributed by atoms with van der Waals surface area (Å²) < 4.78 is 12.6. The normalized spacial score (nSPS) is 31.2. The van der Waals surface area contributed by atoms with Gasteiger partial charge in [-0.2, -0.15) is 0 Å². The summed E-state index contributed by atoms with van der Waals surface area (Å²) in [5.41, 5.74) is 0.468. The van der Waals surface area contributed by atoms with Gasteiger partial charge in [-0.3, -0.25) is 0 Å². The average molecular weight is 340 g/mol. The zero-order valence-electron chi connectivity index (χ0n) is 16.9. The van der Waals surface area contributed by atoms with E-state index in [2.05, 4.69) is 39.5 Å². The molecule has 0 radical (unpaired) electrons. The lowest BCUT2D eigenvalue weighted by Crippen LogP contribution is -2.39. The first kappa shape index (κ1) is 20.2. The molecule has 1 atom stereocenters. The fourth-order valence-electron chi connectivity index (χ4n) is 4.78. The molecule has 0 N–H and O–H groups in total. The van der Waals surface area contributed by atoms with Gasteiger partial charge >= 0.3 is 0 Å². The SMILES string of the molecule is CCCN(CC)CCC1COC2(CCC(C(C)(C)CCC)CC2)O1. The third-order valence-electron chi connectivity index (χ3n) is 6.41. The number of rotatable bonds is 9. The molecule has 0 amide bonds. The maximum atomic E-state index is 6.44. The van der Waals surface area contributed by atoms with Crippen LogP contribution in [0.15, 0.2) is 0 Å². The van der Waals surface area contributed by atoms with Crippen molar-refractivity contribution < 1.29 is 9.47 Å². The van der Waals surface area contributed by atoms with Gasteiger partial charge in [0.1, 0.15) is 0 Å². The molecule has 2 aliphatic rings. The topological polar surface area (TPSA) is 21.7 Å². The highest BCUT2D eigenvalue weighted by Crippen LogP contribution is 2.47. The van der Waals surface area contributed by atoms with Crippen molar-refractivity contribution in [1.82, 2.24) is 4.90 Å². The standard InChI is InChI=1S/C21H41NO2/c1-6-12-20(4,5)18-9-13-21(14-10-18)23-17-19(24-21)11-16-22(8-3)15-7-2/h18-19H,6-17H2,1-5H3. The van der Waals surface area contributed by atoms with Crippen molar-refractivity contribution in [3.05, 3.63) is 0 Å². The molecule has 3 nitrogen and oxygen atoms in total. The van der Waals surface area contributed by atoms with E-state index in [1.807, 2.05) is 0 Å². The van der Waals surface area contributed by atoms with Crippen molar-refractivity contribution in [3.8, 4) is 0 Å². The monoisotopic (exact) mass is 339 g/mol. The van der Waals surface area contributed by atoms with Gasteiger partial charge in [-0.15, -0.1) is 0 Å². The van der Waals surface area contributed by atoms with Crippen molar-refractivity contribution in [2.75, 3.05) is 26.2 Å². The van der Waals surface area contributed by atoms with Gasteiger partial charge in [0.2, 0.25) is 0 Å². The second-order valence-electron chi connectivity index (χ2n) is 8.70. The summed E-state index contributed by atoms with van der Waals surface area (Å²) >= 11 is 0. The van der Waals surface area contributed by atoms with Gasteiger partial charge in [0, 0.05) is 19.4 Å². The largest absolute Gasteiger partial charge is 0.347 e. The minimum atomic E-state index is -0.245. The van der Waals surface area contributed by atoms with Gasteiger partial charge in [-0.25, -0.2) is 0 Å². The van der Waals surface area contributed by atoms with Crippen molar-refractivity contribution >= 4 is 0 Å². The lowest BCUT2D eigenvalue weighted by atomic mass is 9.68. The highest BCUT2D eigenvalue weighted by atomic mass is 16.7. The van der Waals surface area contributed by atoms with Crippen LogP contribution in [0.4, 0.5) is 0 Å². The predicted molar refractivity (Wildman–Crippen MR) is 101 cm³/mol. The first-order chi connectivity index (χ1) is 11.4. The van der Waals surface area contributed by atoms with E-state index in [1.54, 1.807) is 0 Å². The number of hydrogen-bond donors (Lipinski definition) is 0. The third kappa shape index (κ3) is 5.19. The Labute approximate surface area is 150 Å². The molecular formula is C21H41NO2. The minimum absolute atomic E-state index is 0.245. The van der Waals surface area contributed by atoms with Crippen LogP contribution in [0.3, 0.4) is 0 Å². The first-order valence-electron chi connectivity index (χ1n) is 10.5. The highest BCUT2D eigenvalue weighted by Gasteiger charge is 2.46. The molecule has 1 saturated carbocycles. The van der Waals surface area contributed by atoms with Crippen LogP contribution >= 0.6 is 0 Å². The van der Waals surface area contributed by atoms with Crippen LogP contribution in [-0.2, 0) is 9.47 Å². The van der Waals surface area contributed by atoms with E-state index in [0.29, 0.717) is 11.5 Å². The predicted octanol–water partition coefficient (Wildman–Crippen LogP) is 5.24. The smallest absolute Gasteiger partial charge is 0.168 e. The van der Waals surface area contributed by atoms with E-state index in [9.17, 15) is 0 Å². The summed E-state index contributed by atoms with van der Waals surface area (Å²) in [5, 5.41) is 0. The van der Waals surface area contributed by atoms with Gasteiger partial charge in [0.05, 0.1) is 12.7 Å². The van der Waals surface area contributed by atoms with Gasteiger partial charge in [0.15, 0.2) is 5.79 Å². The average Bonchev–Trinajstić information content (AvgIpc) is 2.94. The molecule has 0 aromatic rings. The molecule has 2 rings (SSSR count). The maximum absolute atomic E-state index is 6.44. The highest BCUT2D eigenvalue weighted by molar-refractivity contribution is 4.90. The Morgan fingerprint density at radius 2 is 1.75 bits per heavy atom. The lowest BCUT2D eigenvalue weighted by molar-refractivity contribution is -0.197. The Morgan fingerprint density at radius 3 is 2.33 bits per heavy atom. The molecule has 2 fully saturated rings. The van der Waals surface area contributed by atoms with Crippen LogP contribution in [0, 0.1) is 11.3 Å². The summed E-state index contributed by atoms with van der Waals surface area (Å²) in [6, 6.07) is 0. The number of hydrogen-bond acceptors (Lipinski definition) is 3. The van der Waals surface area contributed by atoms with Crippen LogP contribution in [0.2, 0.25) is 0 Å². The Kier molecular flexibility index (Phi) is 7.58. The minimum Gasteiger partial charge on any atom is -0.347 e. The Bertz CT molecular complexity index is 361. The van der Waals surface area contributed by atoms with Crippen LogP contribution in [0.1, 0.15) is 86.0 Å². The molecule has 24 heavy (non-hydrogen) atoms. The molecule has 3 heteroatoms. The first-order valence-corrected chi connectivity index (χ1v) is 10.5. The number of nitrogens with zero attached hydrogens (tertiary/aromatic N) is 1. The van der Waals surface area contributed by atoms with Gasteiger partial charge in [0.25, 0.3) is 0 Å². The molecule has 1 unspecified atom stereocenters. The van der Waals surface area contributed by atoms with Crippen LogP contribution in [0.25, 0.3) is 0 Å². The van der Waals surface area contributed by atoms with Crippen molar-refractivity contribution in [1.29, 1.82) is 0 Å². The summed E-state index contributed by atoms with van der Waals surface area (Å²) in [5.74, 6) is 0.583. The molecule has 1 heterocycles. The Hall–Kier alpha value is -0.120. The molecule has 0 aromatic carbocycles. The molecule has 0 aromatic heterocycles. The van der Waals surface area contributed by atoms with Crippen molar-refractivity contribution in [2.24, 2.45) is 11.3 Å². The zero-order valence-corrected chi connectivity index (χ0v) is 16.9. The van der Waals surface area contributed by atoms with Gasteiger partial charge in [-0.05, 0) is 56.5 Å². The third-order valence-corrected chi connectivity index (χ3v) is 6.41. The van der Waals surface area contributed by atoms with Crippen molar-refractivity contribution in [3.63, 3.8) is 0 Å². The molecule has 1 aliphatic carbocycles. The van der Waals surface area contributed by atoms with E-state index in [1.165, 1.54) is 38.6 Å².